The van der Waals surface area contributed by atoms with Crippen molar-refractivity contribution < 1.29 is 14.6 Å². The molecule has 0 saturated heterocycles. The lowest BCUT2D eigenvalue weighted by Crippen LogP contribution is -2.05. The van der Waals surface area contributed by atoms with Gasteiger partial charge in [-0.15, -0.1) is 0 Å². The van der Waals surface area contributed by atoms with Crippen LogP contribution in [0.2, 0.25) is 0 Å². The van der Waals surface area contributed by atoms with E-state index in [1.165, 1.54) is 0 Å². The molecular formula is C12H18O3. The summed E-state index contributed by atoms with van der Waals surface area (Å²) in [6, 6.07) is 5.47. The summed E-state index contributed by atoms with van der Waals surface area (Å²) in [7, 11) is 3.18. The van der Waals surface area contributed by atoms with Gasteiger partial charge in [0.2, 0.25) is 0 Å². The van der Waals surface area contributed by atoms with Crippen molar-refractivity contribution in [2.45, 2.75) is 20.0 Å². The molecule has 0 aromatic heterocycles. The molecule has 0 fully saturated rings. The third-order valence-electron chi connectivity index (χ3n) is 2.38. The Balaban J connectivity index is 3.02. The summed E-state index contributed by atoms with van der Waals surface area (Å²) in [6.45, 7) is 3.95. The van der Waals surface area contributed by atoms with Crippen molar-refractivity contribution >= 4 is 0 Å². The molecule has 1 N–H and O–H groups in total. The Morgan fingerprint density at radius 1 is 1.07 bits per heavy atom. The molecule has 0 aliphatic heterocycles. The van der Waals surface area contributed by atoms with Crippen LogP contribution in [0.4, 0.5) is 0 Å². The summed E-state index contributed by atoms with van der Waals surface area (Å²) in [5, 5.41) is 9.88. The average Bonchev–Trinajstić information content (AvgIpc) is 2.26. The van der Waals surface area contributed by atoms with Crippen LogP contribution in [0.15, 0.2) is 18.2 Å². The first-order valence-corrected chi connectivity index (χ1v) is 5.00. The zero-order chi connectivity index (χ0) is 11.4. The molecule has 0 heterocycles. The number of rotatable bonds is 4. The quantitative estimate of drug-likeness (QED) is 0.829. The molecule has 3 nitrogen and oxygen atoms in total. The summed E-state index contributed by atoms with van der Waals surface area (Å²) < 4.78 is 10.3. The van der Waals surface area contributed by atoms with E-state index in [-0.39, 0.29) is 5.92 Å². The lowest BCUT2D eigenvalue weighted by Gasteiger charge is -2.16. The lowest BCUT2D eigenvalue weighted by atomic mass is 9.99. The summed E-state index contributed by atoms with van der Waals surface area (Å²) in [5.41, 5.74) is 0.850. The zero-order valence-electron chi connectivity index (χ0n) is 9.65. The predicted molar refractivity (Wildman–Crippen MR) is 59.3 cm³/mol. The topological polar surface area (TPSA) is 38.7 Å². The van der Waals surface area contributed by atoms with E-state index in [0.717, 1.165) is 5.56 Å². The molecule has 1 rings (SSSR count). The standard InChI is InChI=1S/C12H18O3/c1-8(2)12(13)9-5-6-10(14-3)11(7-9)15-4/h5-8,12-13H,1-4H3/t12-/m0/s1. The normalized spacial score (nSPS) is 12.7. The maximum Gasteiger partial charge on any atom is 0.161 e. The first kappa shape index (κ1) is 11.9. The Kier molecular flexibility index (Phi) is 3.97. The van der Waals surface area contributed by atoms with Gasteiger partial charge in [-0.1, -0.05) is 19.9 Å². The van der Waals surface area contributed by atoms with Crippen LogP contribution >= 0.6 is 0 Å². The number of benzene rings is 1. The molecule has 1 aromatic rings. The largest absolute Gasteiger partial charge is 0.493 e. The highest BCUT2D eigenvalue weighted by molar-refractivity contribution is 5.43. The molecule has 0 saturated carbocycles. The molecule has 0 spiro atoms. The van der Waals surface area contributed by atoms with E-state index in [1.807, 2.05) is 26.0 Å². The summed E-state index contributed by atoms with van der Waals surface area (Å²) in [4.78, 5) is 0. The Bertz CT molecular complexity index is 321. The van der Waals surface area contributed by atoms with E-state index in [1.54, 1.807) is 20.3 Å². The van der Waals surface area contributed by atoms with Gasteiger partial charge < -0.3 is 14.6 Å². The third kappa shape index (κ3) is 2.63. The minimum atomic E-state index is -0.468. The number of methoxy groups -OCH3 is 2. The molecule has 3 heteroatoms. The average molecular weight is 210 g/mol. The summed E-state index contributed by atoms with van der Waals surface area (Å²) in [5.74, 6) is 1.51. The molecule has 0 unspecified atom stereocenters. The van der Waals surface area contributed by atoms with Crippen LogP contribution in [0.3, 0.4) is 0 Å². The number of aliphatic hydroxyl groups is 1. The Morgan fingerprint density at radius 3 is 2.13 bits per heavy atom. The van der Waals surface area contributed by atoms with Crippen LogP contribution < -0.4 is 9.47 Å². The van der Waals surface area contributed by atoms with Gasteiger partial charge in [-0.05, 0) is 23.6 Å². The van der Waals surface area contributed by atoms with E-state index in [4.69, 9.17) is 9.47 Å². The fourth-order valence-corrected chi connectivity index (χ4v) is 1.42. The van der Waals surface area contributed by atoms with Crippen molar-refractivity contribution in [2.24, 2.45) is 5.92 Å². The van der Waals surface area contributed by atoms with E-state index in [9.17, 15) is 5.11 Å². The zero-order valence-corrected chi connectivity index (χ0v) is 9.65. The van der Waals surface area contributed by atoms with Crippen molar-refractivity contribution in [3.63, 3.8) is 0 Å². The van der Waals surface area contributed by atoms with Gasteiger partial charge in [0.15, 0.2) is 11.5 Å². The van der Waals surface area contributed by atoms with Gasteiger partial charge in [-0.25, -0.2) is 0 Å². The maximum atomic E-state index is 9.88. The van der Waals surface area contributed by atoms with Gasteiger partial charge in [0, 0.05) is 0 Å². The summed E-state index contributed by atoms with van der Waals surface area (Å²) >= 11 is 0. The summed E-state index contributed by atoms with van der Waals surface area (Å²) in [6.07, 6.45) is -0.468. The Morgan fingerprint density at radius 2 is 1.67 bits per heavy atom. The minimum absolute atomic E-state index is 0.183. The first-order valence-electron chi connectivity index (χ1n) is 5.00. The highest BCUT2D eigenvalue weighted by atomic mass is 16.5. The molecule has 0 radical (unpaired) electrons. The Hall–Kier alpha value is -1.22. The third-order valence-corrected chi connectivity index (χ3v) is 2.38. The van der Waals surface area contributed by atoms with Crippen molar-refractivity contribution in [2.75, 3.05) is 14.2 Å². The monoisotopic (exact) mass is 210 g/mol. The molecule has 1 aromatic carbocycles. The molecule has 0 aliphatic rings. The van der Waals surface area contributed by atoms with Crippen LogP contribution in [-0.2, 0) is 0 Å². The number of hydrogen-bond acceptors (Lipinski definition) is 3. The van der Waals surface area contributed by atoms with Gasteiger partial charge in [0.05, 0.1) is 20.3 Å². The first-order chi connectivity index (χ1) is 7.10. The number of ether oxygens (including phenoxy) is 2. The second kappa shape index (κ2) is 5.03. The van der Waals surface area contributed by atoms with Crippen molar-refractivity contribution in [1.29, 1.82) is 0 Å². The van der Waals surface area contributed by atoms with E-state index in [2.05, 4.69) is 0 Å². The molecule has 0 amide bonds. The second-order valence-corrected chi connectivity index (χ2v) is 3.80. The number of hydrogen-bond donors (Lipinski definition) is 1. The fraction of sp³-hybridized carbons (Fsp3) is 0.500. The van der Waals surface area contributed by atoms with Crippen LogP contribution in [0.5, 0.6) is 11.5 Å². The predicted octanol–water partition coefficient (Wildman–Crippen LogP) is 2.39. The Labute approximate surface area is 90.6 Å². The smallest absolute Gasteiger partial charge is 0.161 e. The fourth-order valence-electron chi connectivity index (χ4n) is 1.42. The lowest BCUT2D eigenvalue weighted by molar-refractivity contribution is 0.126. The van der Waals surface area contributed by atoms with E-state index >= 15 is 0 Å². The van der Waals surface area contributed by atoms with Crippen LogP contribution in [0.1, 0.15) is 25.5 Å². The molecule has 0 bridgehead atoms. The molecule has 0 aliphatic carbocycles. The van der Waals surface area contributed by atoms with Gasteiger partial charge in [0.25, 0.3) is 0 Å². The highest BCUT2D eigenvalue weighted by Gasteiger charge is 2.14. The minimum Gasteiger partial charge on any atom is -0.493 e. The molecule has 15 heavy (non-hydrogen) atoms. The van der Waals surface area contributed by atoms with Gasteiger partial charge in [0.1, 0.15) is 0 Å². The van der Waals surface area contributed by atoms with Gasteiger partial charge >= 0.3 is 0 Å². The molecular weight excluding hydrogens is 192 g/mol. The van der Waals surface area contributed by atoms with Crippen molar-refractivity contribution in [3.8, 4) is 11.5 Å². The van der Waals surface area contributed by atoms with Crippen molar-refractivity contribution in [3.05, 3.63) is 23.8 Å². The van der Waals surface area contributed by atoms with E-state index < -0.39 is 6.10 Å². The van der Waals surface area contributed by atoms with E-state index in [0.29, 0.717) is 11.5 Å². The van der Waals surface area contributed by atoms with Gasteiger partial charge in [-0.3, -0.25) is 0 Å². The molecule has 84 valence electrons. The maximum absolute atomic E-state index is 9.88. The SMILES string of the molecule is COc1ccc([C@@H](O)C(C)C)cc1OC. The van der Waals surface area contributed by atoms with Crippen LogP contribution in [0.25, 0.3) is 0 Å². The van der Waals surface area contributed by atoms with Gasteiger partial charge in [-0.2, -0.15) is 0 Å². The highest BCUT2D eigenvalue weighted by Crippen LogP contribution is 2.31. The van der Waals surface area contributed by atoms with Crippen LogP contribution in [-0.4, -0.2) is 19.3 Å². The molecule has 1 atom stereocenters. The number of aliphatic hydroxyl groups excluding tert-OH is 1. The van der Waals surface area contributed by atoms with Crippen LogP contribution in [0, 0.1) is 5.92 Å². The second-order valence-electron chi connectivity index (χ2n) is 3.80. The van der Waals surface area contributed by atoms with Crippen molar-refractivity contribution in [1.82, 2.24) is 0 Å².